The van der Waals surface area contributed by atoms with Crippen molar-refractivity contribution in [3.05, 3.63) is 29.8 Å². The highest BCUT2D eigenvalue weighted by molar-refractivity contribution is 7.99. The summed E-state index contributed by atoms with van der Waals surface area (Å²) in [6, 6.07) is 9.26. The van der Waals surface area contributed by atoms with Crippen LogP contribution in [0.1, 0.15) is 43.7 Å². The first-order valence-electron chi connectivity index (χ1n) is 8.48. The number of nitriles is 1. The van der Waals surface area contributed by atoms with Gasteiger partial charge >= 0.3 is 0 Å². The second kappa shape index (κ2) is 8.83. The lowest BCUT2D eigenvalue weighted by molar-refractivity contribution is 0.126. The average molecular weight is 359 g/mol. The van der Waals surface area contributed by atoms with Crippen LogP contribution in [0, 0.1) is 11.3 Å². The van der Waals surface area contributed by atoms with E-state index in [2.05, 4.69) is 21.6 Å². The molecule has 1 fully saturated rings. The number of hydrogen-bond donors (Lipinski definition) is 1. The Labute approximate surface area is 151 Å². The van der Waals surface area contributed by atoms with Gasteiger partial charge in [0.1, 0.15) is 12.4 Å². The van der Waals surface area contributed by atoms with Gasteiger partial charge in [0.05, 0.1) is 23.8 Å². The molecule has 25 heavy (non-hydrogen) atoms. The summed E-state index contributed by atoms with van der Waals surface area (Å²) in [4.78, 5) is 0. The maximum atomic E-state index is 10.1. The fourth-order valence-electron chi connectivity index (χ4n) is 2.87. The minimum Gasteiger partial charge on any atom is -0.491 e. The highest BCUT2D eigenvalue weighted by Crippen LogP contribution is 2.30. The van der Waals surface area contributed by atoms with Crippen molar-refractivity contribution >= 4 is 11.8 Å². The molecule has 0 aliphatic heterocycles. The summed E-state index contributed by atoms with van der Waals surface area (Å²) in [5, 5.41) is 31.7. The van der Waals surface area contributed by atoms with Crippen molar-refractivity contribution in [2.24, 2.45) is 0 Å². The van der Waals surface area contributed by atoms with Crippen LogP contribution in [0.15, 0.2) is 29.4 Å². The first kappa shape index (κ1) is 17.7. The van der Waals surface area contributed by atoms with Gasteiger partial charge in [0.15, 0.2) is 0 Å². The van der Waals surface area contributed by atoms with Crippen molar-refractivity contribution in [2.75, 3.05) is 12.4 Å². The van der Waals surface area contributed by atoms with Gasteiger partial charge in [-0.05, 0) is 47.5 Å². The summed E-state index contributed by atoms with van der Waals surface area (Å²) in [5.74, 6) is 1.10. The largest absolute Gasteiger partial charge is 0.491 e. The monoisotopic (exact) mass is 359 g/mol. The molecule has 1 aromatic heterocycles. The van der Waals surface area contributed by atoms with E-state index >= 15 is 0 Å². The van der Waals surface area contributed by atoms with E-state index < -0.39 is 6.10 Å². The fourth-order valence-corrected chi connectivity index (χ4v) is 3.72. The van der Waals surface area contributed by atoms with Crippen LogP contribution in [0.3, 0.4) is 0 Å². The van der Waals surface area contributed by atoms with E-state index in [0.29, 0.717) is 23.1 Å². The summed E-state index contributed by atoms with van der Waals surface area (Å²) in [6.45, 7) is 0.184. The van der Waals surface area contributed by atoms with Crippen LogP contribution in [0.2, 0.25) is 0 Å². The minimum absolute atomic E-state index is 0.184. The van der Waals surface area contributed by atoms with Crippen LogP contribution in [0.5, 0.6) is 5.75 Å². The number of nitrogens with zero attached hydrogens (tertiary/aromatic N) is 5. The van der Waals surface area contributed by atoms with Crippen LogP contribution in [-0.4, -0.2) is 43.8 Å². The van der Waals surface area contributed by atoms with Crippen molar-refractivity contribution in [3.8, 4) is 11.8 Å². The third-order valence-electron chi connectivity index (χ3n) is 4.21. The molecule has 0 radical (unpaired) electrons. The number of hydrogen-bond acceptors (Lipinski definition) is 7. The van der Waals surface area contributed by atoms with Gasteiger partial charge in [0, 0.05) is 5.75 Å². The van der Waals surface area contributed by atoms with Crippen LogP contribution < -0.4 is 4.74 Å². The third kappa shape index (κ3) is 4.94. The number of ether oxygens (including phenoxy) is 1. The lowest BCUT2D eigenvalue weighted by Gasteiger charge is -2.22. The van der Waals surface area contributed by atoms with Gasteiger partial charge in [-0.3, -0.25) is 0 Å². The van der Waals surface area contributed by atoms with Crippen LogP contribution >= 0.6 is 11.8 Å². The van der Waals surface area contributed by atoms with Gasteiger partial charge in [0.2, 0.25) is 5.16 Å². The fraction of sp³-hybridized carbons (Fsp3) is 0.529. The van der Waals surface area contributed by atoms with E-state index in [1.165, 1.54) is 31.0 Å². The van der Waals surface area contributed by atoms with Crippen molar-refractivity contribution in [1.29, 1.82) is 5.26 Å². The molecule has 2 aromatic rings. The molecule has 0 bridgehead atoms. The van der Waals surface area contributed by atoms with Crippen LogP contribution in [-0.2, 0) is 0 Å². The topological polar surface area (TPSA) is 96.8 Å². The van der Waals surface area contributed by atoms with E-state index in [9.17, 15) is 5.11 Å². The second-order valence-electron chi connectivity index (χ2n) is 6.11. The molecule has 1 heterocycles. The Balaban J connectivity index is 1.46. The van der Waals surface area contributed by atoms with E-state index in [1.54, 1.807) is 24.3 Å². The average Bonchev–Trinajstić information content (AvgIpc) is 3.14. The Morgan fingerprint density at radius 3 is 2.76 bits per heavy atom. The molecular weight excluding hydrogens is 338 g/mol. The number of tetrazole rings is 1. The zero-order valence-corrected chi connectivity index (χ0v) is 14.7. The molecule has 1 N–H and O–H groups in total. The van der Waals surface area contributed by atoms with Gasteiger partial charge in [-0.1, -0.05) is 31.0 Å². The summed E-state index contributed by atoms with van der Waals surface area (Å²) < 4.78 is 7.45. The number of thioether (sulfide) groups is 1. The predicted molar refractivity (Wildman–Crippen MR) is 93.3 cm³/mol. The first-order valence-corrected chi connectivity index (χ1v) is 9.46. The summed E-state index contributed by atoms with van der Waals surface area (Å²) in [7, 11) is 0. The molecule has 1 saturated carbocycles. The van der Waals surface area contributed by atoms with E-state index in [-0.39, 0.29) is 6.61 Å². The molecular formula is C17H21N5O2S. The van der Waals surface area contributed by atoms with E-state index in [4.69, 9.17) is 10.00 Å². The van der Waals surface area contributed by atoms with Crippen LogP contribution in [0.25, 0.3) is 0 Å². The summed E-state index contributed by atoms with van der Waals surface area (Å²) >= 11 is 1.45. The maximum absolute atomic E-state index is 10.1. The molecule has 1 atom stereocenters. The molecule has 1 aliphatic rings. The quantitative estimate of drug-likeness (QED) is 0.759. The molecule has 0 amide bonds. The standard InChI is InChI=1S/C17H21N5O2S/c18-10-13-6-8-16(9-7-13)24-11-15(23)12-25-17-19-20-21-22(17)14-4-2-1-3-5-14/h6-9,14-15,23H,1-5,11-12H2. The number of rotatable bonds is 7. The molecule has 0 saturated heterocycles. The molecule has 132 valence electrons. The number of benzene rings is 1. The molecule has 8 heteroatoms. The highest BCUT2D eigenvalue weighted by Gasteiger charge is 2.21. The number of aliphatic hydroxyl groups is 1. The van der Waals surface area contributed by atoms with E-state index in [1.807, 2.05) is 4.68 Å². The zero-order valence-electron chi connectivity index (χ0n) is 13.9. The molecule has 3 rings (SSSR count). The van der Waals surface area contributed by atoms with Gasteiger partial charge in [0.25, 0.3) is 0 Å². The molecule has 1 aromatic carbocycles. The van der Waals surface area contributed by atoms with Gasteiger partial charge in [-0.15, -0.1) is 5.10 Å². The Bertz CT molecular complexity index is 707. The normalized spacial score (nSPS) is 16.3. The molecule has 7 nitrogen and oxygen atoms in total. The van der Waals surface area contributed by atoms with Gasteiger partial charge in [-0.2, -0.15) is 5.26 Å². The Hall–Kier alpha value is -2.11. The summed E-state index contributed by atoms with van der Waals surface area (Å²) in [5.41, 5.74) is 0.581. The van der Waals surface area contributed by atoms with Crippen molar-refractivity contribution in [1.82, 2.24) is 20.2 Å². The first-order chi connectivity index (χ1) is 12.3. The van der Waals surface area contributed by atoms with Gasteiger partial charge in [-0.25, -0.2) is 4.68 Å². The maximum Gasteiger partial charge on any atom is 0.209 e. The van der Waals surface area contributed by atoms with Gasteiger partial charge < -0.3 is 9.84 Å². The molecule has 0 spiro atoms. The third-order valence-corrected chi connectivity index (χ3v) is 5.29. The number of aromatic nitrogens is 4. The number of aliphatic hydroxyl groups excluding tert-OH is 1. The van der Waals surface area contributed by atoms with Crippen molar-refractivity contribution in [3.63, 3.8) is 0 Å². The Kier molecular flexibility index (Phi) is 6.25. The second-order valence-corrected chi connectivity index (χ2v) is 7.10. The minimum atomic E-state index is -0.628. The predicted octanol–water partition coefficient (Wildman–Crippen LogP) is 2.58. The lowest BCUT2D eigenvalue weighted by Crippen LogP contribution is -2.21. The SMILES string of the molecule is N#Cc1ccc(OCC(O)CSc2nnnn2C2CCCCC2)cc1. The molecule has 1 aliphatic carbocycles. The lowest BCUT2D eigenvalue weighted by atomic mass is 9.96. The smallest absolute Gasteiger partial charge is 0.209 e. The van der Waals surface area contributed by atoms with Crippen LogP contribution in [0.4, 0.5) is 0 Å². The van der Waals surface area contributed by atoms with Crippen molar-refractivity contribution in [2.45, 2.75) is 49.4 Å². The van der Waals surface area contributed by atoms with E-state index in [0.717, 1.165) is 18.0 Å². The van der Waals surface area contributed by atoms with Crippen molar-refractivity contribution < 1.29 is 9.84 Å². The Morgan fingerprint density at radius 1 is 1.28 bits per heavy atom. The highest BCUT2D eigenvalue weighted by atomic mass is 32.2. The zero-order chi connectivity index (χ0) is 17.5. The molecule has 1 unspecified atom stereocenters. The summed E-state index contributed by atoms with van der Waals surface area (Å²) in [6.07, 6.45) is 5.32. The Morgan fingerprint density at radius 2 is 2.04 bits per heavy atom.